The fraction of sp³-hybridized carbons (Fsp3) is 0.550. The average Bonchev–Trinajstić information content (AvgIpc) is 3.45. The van der Waals surface area contributed by atoms with Crippen LogP contribution in [0.1, 0.15) is 50.0 Å². The van der Waals surface area contributed by atoms with Crippen LogP contribution in [-0.4, -0.2) is 47.5 Å². The number of nitrogens with zero attached hydrogens (tertiary/aromatic N) is 6. The number of thioether (sulfide) groups is 1. The molecule has 1 atom stereocenters. The first-order chi connectivity index (χ1) is 14.7. The van der Waals surface area contributed by atoms with Gasteiger partial charge in [-0.15, -0.1) is 21.5 Å². The van der Waals surface area contributed by atoms with Crippen molar-refractivity contribution in [3.05, 3.63) is 16.8 Å². The van der Waals surface area contributed by atoms with Gasteiger partial charge in [0.05, 0.1) is 17.7 Å². The van der Waals surface area contributed by atoms with Crippen molar-refractivity contribution in [3.8, 4) is 0 Å². The number of carbonyl (C=O) groups is 1. The van der Waals surface area contributed by atoms with E-state index in [1.165, 1.54) is 28.6 Å². The highest BCUT2D eigenvalue weighted by Gasteiger charge is 2.26. The lowest BCUT2D eigenvalue weighted by molar-refractivity contribution is -0.140. The number of rotatable bonds is 7. The highest BCUT2D eigenvalue weighted by atomic mass is 32.2. The molecule has 30 heavy (non-hydrogen) atoms. The van der Waals surface area contributed by atoms with Crippen molar-refractivity contribution in [1.82, 2.24) is 29.2 Å². The summed E-state index contributed by atoms with van der Waals surface area (Å²) in [6.07, 6.45) is 8.01. The van der Waals surface area contributed by atoms with Crippen LogP contribution < -0.4 is 0 Å². The fourth-order valence-electron chi connectivity index (χ4n) is 4.06. The molecular formula is C20H24N6O2S2. The number of fused-ring (bicyclic) bond motifs is 8. The summed E-state index contributed by atoms with van der Waals surface area (Å²) in [6.45, 7) is 4.91. The van der Waals surface area contributed by atoms with Crippen molar-refractivity contribution in [3.63, 3.8) is 0 Å². The zero-order valence-corrected chi connectivity index (χ0v) is 18.8. The third-order valence-electron chi connectivity index (χ3n) is 5.60. The normalized spacial score (nSPS) is 16.5. The number of aromatic nitrogens is 6. The van der Waals surface area contributed by atoms with Gasteiger partial charge in [0, 0.05) is 4.88 Å². The summed E-state index contributed by atoms with van der Waals surface area (Å²) in [5.74, 6) is 1.28. The zero-order chi connectivity index (χ0) is 20.7. The fourth-order valence-corrected chi connectivity index (χ4v) is 6.19. The summed E-state index contributed by atoms with van der Waals surface area (Å²) >= 11 is 3.16. The van der Waals surface area contributed by atoms with Crippen LogP contribution in [-0.2, 0) is 22.4 Å². The number of aryl methyl sites for hydroxylation is 1. The zero-order valence-electron chi connectivity index (χ0n) is 17.1. The molecule has 1 unspecified atom stereocenters. The Kier molecular flexibility index (Phi) is 5.36. The second-order valence-electron chi connectivity index (χ2n) is 7.86. The molecule has 0 fully saturated rings. The lowest BCUT2D eigenvalue weighted by atomic mass is 9.89. The van der Waals surface area contributed by atoms with E-state index in [1.807, 2.05) is 4.40 Å². The molecule has 4 aromatic heterocycles. The number of thiophene rings is 1. The monoisotopic (exact) mass is 444 g/mol. The van der Waals surface area contributed by atoms with Crippen molar-refractivity contribution in [2.45, 2.75) is 57.5 Å². The van der Waals surface area contributed by atoms with Gasteiger partial charge in [-0.2, -0.15) is 9.61 Å². The minimum absolute atomic E-state index is 0.214. The number of unbranched alkanes of at least 4 members (excludes halogenated alkanes) is 2. The van der Waals surface area contributed by atoms with Gasteiger partial charge in [-0.05, 0) is 37.2 Å². The average molecular weight is 445 g/mol. The molecule has 1 aliphatic carbocycles. The molecule has 0 spiro atoms. The molecule has 5 rings (SSSR count). The van der Waals surface area contributed by atoms with Crippen molar-refractivity contribution in [2.75, 3.05) is 12.4 Å². The lowest BCUT2D eigenvalue weighted by Gasteiger charge is -2.17. The Hall–Kier alpha value is -2.20. The van der Waals surface area contributed by atoms with E-state index in [0.29, 0.717) is 23.5 Å². The Labute approximate surface area is 182 Å². The Bertz CT molecular complexity index is 1230. The van der Waals surface area contributed by atoms with Crippen molar-refractivity contribution < 1.29 is 9.53 Å². The van der Waals surface area contributed by atoms with E-state index < -0.39 is 0 Å². The summed E-state index contributed by atoms with van der Waals surface area (Å²) < 4.78 is 9.12. The summed E-state index contributed by atoms with van der Waals surface area (Å²) in [7, 11) is 0. The minimum Gasteiger partial charge on any atom is -0.465 e. The first kappa shape index (κ1) is 19.7. The van der Waals surface area contributed by atoms with E-state index >= 15 is 0 Å². The standard InChI is InChI=1S/C20H24N6O2S2/c1-3-4-5-8-28-15(27)10-29-20-24-23-19-25(20)18-16(17-21-11-22-26(17)19)13-9-12(2)6-7-14(13)30-18/h11-12H,3-10H2,1-2H3. The predicted molar refractivity (Wildman–Crippen MR) is 117 cm³/mol. The summed E-state index contributed by atoms with van der Waals surface area (Å²) in [5.41, 5.74) is 2.22. The molecule has 0 aromatic carbocycles. The van der Waals surface area contributed by atoms with Crippen molar-refractivity contribution in [1.29, 1.82) is 0 Å². The molecule has 0 N–H and O–H groups in total. The second kappa shape index (κ2) is 8.14. The van der Waals surface area contributed by atoms with E-state index in [-0.39, 0.29) is 11.7 Å². The third-order valence-corrected chi connectivity index (χ3v) is 7.78. The first-order valence-corrected chi connectivity index (χ1v) is 12.3. The highest BCUT2D eigenvalue weighted by molar-refractivity contribution is 7.99. The Morgan fingerprint density at radius 3 is 3.13 bits per heavy atom. The summed E-state index contributed by atoms with van der Waals surface area (Å²) in [4.78, 5) is 19.2. The SMILES string of the molecule is CCCCCOC(=O)CSc1nnc2n3ncnc3c3c4c(sc3n12)CCC(C)C4. The molecule has 0 bridgehead atoms. The van der Waals surface area contributed by atoms with Gasteiger partial charge in [0.1, 0.15) is 11.2 Å². The first-order valence-electron chi connectivity index (χ1n) is 10.5. The number of hydrogen-bond donors (Lipinski definition) is 0. The summed E-state index contributed by atoms with van der Waals surface area (Å²) in [6, 6.07) is 0. The van der Waals surface area contributed by atoms with E-state index in [0.717, 1.165) is 48.0 Å². The highest BCUT2D eigenvalue weighted by Crippen LogP contribution is 2.40. The molecule has 158 valence electrons. The van der Waals surface area contributed by atoms with Crippen molar-refractivity contribution in [2.24, 2.45) is 5.92 Å². The van der Waals surface area contributed by atoms with E-state index in [2.05, 4.69) is 34.1 Å². The molecule has 4 heterocycles. The topological polar surface area (TPSA) is 86.7 Å². The van der Waals surface area contributed by atoms with Gasteiger partial charge >= 0.3 is 5.97 Å². The Morgan fingerprint density at radius 2 is 2.27 bits per heavy atom. The predicted octanol–water partition coefficient (Wildman–Crippen LogP) is 3.94. The van der Waals surface area contributed by atoms with Gasteiger partial charge in [-0.25, -0.2) is 9.38 Å². The van der Waals surface area contributed by atoms with Crippen LogP contribution >= 0.6 is 23.1 Å². The molecular weight excluding hydrogens is 420 g/mol. The van der Waals surface area contributed by atoms with Crippen LogP contribution in [0.3, 0.4) is 0 Å². The van der Waals surface area contributed by atoms with Gasteiger partial charge in [0.2, 0.25) is 0 Å². The van der Waals surface area contributed by atoms with E-state index in [4.69, 9.17) is 4.74 Å². The van der Waals surface area contributed by atoms with E-state index in [1.54, 1.807) is 22.2 Å². The number of ether oxygens (including phenoxy) is 1. The maximum atomic E-state index is 12.1. The molecule has 10 heteroatoms. The van der Waals surface area contributed by atoms with Crippen LogP contribution in [0.15, 0.2) is 11.5 Å². The van der Waals surface area contributed by atoms with Gasteiger partial charge in [-0.3, -0.25) is 4.79 Å². The minimum atomic E-state index is -0.217. The van der Waals surface area contributed by atoms with E-state index in [9.17, 15) is 4.79 Å². The van der Waals surface area contributed by atoms with Crippen molar-refractivity contribution >= 4 is 50.7 Å². The molecule has 8 nitrogen and oxygen atoms in total. The molecule has 0 saturated carbocycles. The molecule has 0 saturated heterocycles. The van der Waals surface area contributed by atoms with Gasteiger partial charge in [0.15, 0.2) is 10.8 Å². The quantitative estimate of drug-likeness (QED) is 0.242. The Balaban J connectivity index is 1.52. The van der Waals surface area contributed by atoms with Crippen LogP contribution in [0.25, 0.3) is 21.6 Å². The van der Waals surface area contributed by atoms with Gasteiger partial charge < -0.3 is 4.74 Å². The summed E-state index contributed by atoms with van der Waals surface area (Å²) in [5, 5.41) is 15.0. The van der Waals surface area contributed by atoms with Gasteiger partial charge in [0.25, 0.3) is 5.78 Å². The Morgan fingerprint density at radius 1 is 1.37 bits per heavy atom. The third kappa shape index (κ3) is 3.35. The van der Waals surface area contributed by atoms with Crippen LogP contribution in [0.4, 0.5) is 0 Å². The van der Waals surface area contributed by atoms with Crippen LogP contribution in [0, 0.1) is 5.92 Å². The van der Waals surface area contributed by atoms with Crippen LogP contribution in [0.5, 0.6) is 0 Å². The number of esters is 1. The largest absolute Gasteiger partial charge is 0.465 e. The smallest absolute Gasteiger partial charge is 0.316 e. The number of hydrogen-bond acceptors (Lipinski definition) is 8. The molecule has 0 radical (unpaired) electrons. The van der Waals surface area contributed by atoms with Gasteiger partial charge in [-0.1, -0.05) is 38.5 Å². The maximum absolute atomic E-state index is 12.1. The molecule has 1 aliphatic rings. The lowest BCUT2D eigenvalue weighted by Crippen LogP contribution is -2.09. The second-order valence-corrected chi connectivity index (χ2v) is 9.89. The molecule has 4 aromatic rings. The molecule has 0 aliphatic heterocycles. The maximum Gasteiger partial charge on any atom is 0.316 e. The van der Waals surface area contributed by atoms with Crippen LogP contribution in [0.2, 0.25) is 0 Å². The molecule has 0 amide bonds. The number of carbonyl (C=O) groups excluding carboxylic acids is 1.